The van der Waals surface area contributed by atoms with E-state index in [1.165, 1.54) is 30.6 Å². The zero-order valence-electron chi connectivity index (χ0n) is 15.0. The van der Waals surface area contributed by atoms with Crippen LogP contribution in [0.4, 0.5) is 0 Å². The number of nitrogens with zero attached hydrogens (tertiary/aromatic N) is 5. The summed E-state index contributed by atoms with van der Waals surface area (Å²) in [6, 6.07) is 0. The topological polar surface area (TPSA) is 63.9 Å². The van der Waals surface area contributed by atoms with Gasteiger partial charge >= 0.3 is 0 Å². The minimum atomic E-state index is 0.140. The zero-order valence-corrected chi connectivity index (χ0v) is 15.8. The van der Waals surface area contributed by atoms with Crippen molar-refractivity contribution in [3.63, 3.8) is 0 Å². The van der Waals surface area contributed by atoms with Crippen molar-refractivity contribution in [2.24, 2.45) is 0 Å². The van der Waals surface area contributed by atoms with E-state index >= 15 is 0 Å². The van der Waals surface area contributed by atoms with Crippen LogP contribution in [0.15, 0.2) is 0 Å². The highest BCUT2D eigenvalue weighted by atomic mass is 32.1. The molecular weight excluding hydrogens is 334 g/mol. The molecule has 1 amide bonds. The lowest BCUT2D eigenvalue weighted by Gasteiger charge is -2.31. The third-order valence-electron chi connectivity index (χ3n) is 5.38. The summed E-state index contributed by atoms with van der Waals surface area (Å²) in [4.78, 5) is 19.9. The van der Waals surface area contributed by atoms with E-state index < -0.39 is 0 Å². The van der Waals surface area contributed by atoms with Crippen LogP contribution in [0.25, 0.3) is 0 Å². The SMILES string of the molecule is Cc1nc(C)c(C(=O)N2CCC(c3nnc4n3CCCCC4)CC2)s1. The fraction of sp³-hybridized carbons (Fsp3) is 0.667. The van der Waals surface area contributed by atoms with Gasteiger partial charge in [0.15, 0.2) is 0 Å². The third kappa shape index (κ3) is 3.21. The van der Waals surface area contributed by atoms with Crippen molar-refractivity contribution in [3.8, 4) is 0 Å². The fourth-order valence-electron chi connectivity index (χ4n) is 4.02. The van der Waals surface area contributed by atoms with Crippen molar-refractivity contribution in [1.29, 1.82) is 0 Å². The quantitative estimate of drug-likeness (QED) is 0.826. The molecule has 1 fully saturated rings. The van der Waals surface area contributed by atoms with Crippen LogP contribution in [0, 0.1) is 13.8 Å². The molecule has 0 aliphatic carbocycles. The Kier molecular flexibility index (Phi) is 4.58. The summed E-state index contributed by atoms with van der Waals surface area (Å²) in [5, 5.41) is 9.90. The first kappa shape index (κ1) is 16.7. The molecule has 7 heteroatoms. The normalized spacial score (nSPS) is 18.9. The van der Waals surface area contributed by atoms with Crippen LogP contribution in [0.3, 0.4) is 0 Å². The van der Waals surface area contributed by atoms with Gasteiger partial charge in [0.05, 0.1) is 10.7 Å². The van der Waals surface area contributed by atoms with Crippen LogP contribution in [0.5, 0.6) is 0 Å². The van der Waals surface area contributed by atoms with Crippen molar-refractivity contribution in [3.05, 3.63) is 27.2 Å². The molecule has 134 valence electrons. The van der Waals surface area contributed by atoms with Gasteiger partial charge in [0, 0.05) is 32.0 Å². The summed E-state index contributed by atoms with van der Waals surface area (Å²) in [6.07, 6.45) is 6.72. The molecule has 25 heavy (non-hydrogen) atoms. The lowest BCUT2D eigenvalue weighted by Crippen LogP contribution is -2.38. The molecule has 0 aromatic carbocycles. The zero-order chi connectivity index (χ0) is 17.4. The molecule has 0 spiro atoms. The average Bonchev–Trinajstić information content (AvgIpc) is 3.08. The maximum atomic E-state index is 12.8. The van der Waals surface area contributed by atoms with Gasteiger partial charge < -0.3 is 9.47 Å². The second-order valence-corrected chi connectivity index (χ2v) is 8.35. The van der Waals surface area contributed by atoms with E-state index in [9.17, 15) is 4.79 Å². The molecule has 2 aliphatic heterocycles. The molecule has 0 atom stereocenters. The van der Waals surface area contributed by atoms with Crippen molar-refractivity contribution in [2.75, 3.05) is 13.1 Å². The van der Waals surface area contributed by atoms with E-state index in [1.54, 1.807) is 0 Å². The van der Waals surface area contributed by atoms with E-state index in [2.05, 4.69) is 19.7 Å². The number of fused-ring (bicyclic) bond motifs is 1. The number of carbonyl (C=O) groups excluding carboxylic acids is 1. The highest BCUT2D eigenvalue weighted by Gasteiger charge is 2.30. The Morgan fingerprint density at radius 2 is 1.88 bits per heavy atom. The van der Waals surface area contributed by atoms with Crippen LogP contribution < -0.4 is 0 Å². The number of likely N-dealkylation sites (tertiary alicyclic amines) is 1. The monoisotopic (exact) mass is 359 g/mol. The Balaban J connectivity index is 1.44. The minimum absolute atomic E-state index is 0.140. The molecule has 0 radical (unpaired) electrons. The Bertz CT molecular complexity index is 773. The van der Waals surface area contributed by atoms with Crippen LogP contribution in [0.2, 0.25) is 0 Å². The molecule has 0 saturated carbocycles. The van der Waals surface area contributed by atoms with Crippen LogP contribution in [-0.4, -0.2) is 43.6 Å². The van der Waals surface area contributed by atoms with Gasteiger partial charge in [-0.15, -0.1) is 21.5 Å². The smallest absolute Gasteiger partial charge is 0.265 e. The maximum absolute atomic E-state index is 12.8. The van der Waals surface area contributed by atoms with Crippen molar-refractivity contribution >= 4 is 17.2 Å². The number of hydrogen-bond donors (Lipinski definition) is 0. The van der Waals surface area contributed by atoms with Gasteiger partial charge in [-0.3, -0.25) is 4.79 Å². The molecule has 0 bridgehead atoms. The highest BCUT2D eigenvalue weighted by molar-refractivity contribution is 7.13. The Labute approximate surface area is 152 Å². The van der Waals surface area contributed by atoms with Crippen LogP contribution >= 0.6 is 11.3 Å². The summed E-state index contributed by atoms with van der Waals surface area (Å²) in [7, 11) is 0. The molecule has 4 rings (SSSR count). The number of hydrogen-bond acceptors (Lipinski definition) is 5. The van der Waals surface area contributed by atoms with Crippen LogP contribution in [-0.2, 0) is 13.0 Å². The van der Waals surface area contributed by atoms with Gasteiger partial charge in [-0.1, -0.05) is 6.42 Å². The van der Waals surface area contributed by atoms with Crippen molar-refractivity contribution in [2.45, 2.75) is 64.8 Å². The Morgan fingerprint density at radius 1 is 1.08 bits per heavy atom. The molecule has 0 N–H and O–H groups in total. The molecule has 1 saturated heterocycles. The number of thiazole rings is 1. The molecule has 2 aliphatic rings. The molecule has 4 heterocycles. The number of aromatic nitrogens is 4. The number of rotatable bonds is 2. The lowest BCUT2D eigenvalue weighted by atomic mass is 9.95. The van der Waals surface area contributed by atoms with Gasteiger partial charge in [-0.2, -0.15) is 0 Å². The summed E-state index contributed by atoms with van der Waals surface area (Å²) in [5.41, 5.74) is 0.859. The van der Waals surface area contributed by atoms with Crippen LogP contribution in [0.1, 0.15) is 70.0 Å². The number of carbonyl (C=O) groups is 1. The summed E-state index contributed by atoms with van der Waals surface area (Å²) in [6.45, 7) is 6.52. The minimum Gasteiger partial charge on any atom is -0.338 e. The second kappa shape index (κ2) is 6.86. The lowest BCUT2D eigenvalue weighted by molar-refractivity contribution is 0.0714. The Hall–Kier alpha value is -1.76. The predicted molar refractivity (Wildman–Crippen MR) is 97.0 cm³/mol. The maximum Gasteiger partial charge on any atom is 0.265 e. The summed E-state index contributed by atoms with van der Waals surface area (Å²) < 4.78 is 2.35. The van der Waals surface area contributed by atoms with Gasteiger partial charge in [-0.25, -0.2) is 4.98 Å². The van der Waals surface area contributed by atoms with E-state index in [0.717, 1.165) is 66.1 Å². The first-order chi connectivity index (χ1) is 12.1. The molecule has 6 nitrogen and oxygen atoms in total. The summed E-state index contributed by atoms with van der Waals surface area (Å²) >= 11 is 1.51. The average molecular weight is 359 g/mol. The standard InChI is InChI=1S/C18H25N5OS/c1-12-16(25-13(2)19-12)18(24)22-10-7-14(8-11-22)17-21-20-15-6-4-3-5-9-23(15)17/h14H,3-11H2,1-2H3. The van der Waals surface area contributed by atoms with Gasteiger partial charge in [0.1, 0.15) is 16.5 Å². The van der Waals surface area contributed by atoms with Gasteiger partial charge in [0.25, 0.3) is 5.91 Å². The largest absolute Gasteiger partial charge is 0.338 e. The first-order valence-electron chi connectivity index (χ1n) is 9.29. The van der Waals surface area contributed by atoms with Crippen molar-refractivity contribution in [1.82, 2.24) is 24.6 Å². The third-order valence-corrected chi connectivity index (χ3v) is 6.44. The Morgan fingerprint density at radius 3 is 2.60 bits per heavy atom. The van der Waals surface area contributed by atoms with Gasteiger partial charge in [-0.05, 0) is 39.5 Å². The molecule has 0 unspecified atom stereocenters. The number of amides is 1. The second-order valence-electron chi connectivity index (χ2n) is 7.15. The first-order valence-corrected chi connectivity index (χ1v) is 10.1. The van der Waals surface area contributed by atoms with E-state index in [-0.39, 0.29) is 5.91 Å². The molecule has 2 aromatic heterocycles. The predicted octanol–water partition coefficient (Wildman–Crippen LogP) is 3.10. The highest BCUT2D eigenvalue weighted by Crippen LogP contribution is 2.30. The number of aryl methyl sites for hydroxylation is 3. The van der Waals surface area contributed by atoms with E-state index in [0.29, 0.717) is 5.92 Å². The summed E-state index contributed by atoms with van der Waals surface area (Å²) in [5.74, 6) is 2.87. The fourth-order valence-corrected chi connectivity index (χ4v) is 4.91. The van der Waals surface area contributed by atoms with E-state index in [1.807, 2.05) is 18.7 Å². The van der Waals surface area contributed by atoms with Crippen molar-refractivity contribution < 1.29 is 4.79 Å². The van der Waals surface area contributed by atoms with Gasteiger partial charge in [0.2, 0.25) is 0 Å². The molecule has 2 aromatic rings. The molecular formula is C18H25N5OS. The number of piperidine rings is 1. The van der Waals surface area contributed by atoms with E-state index in [4.69, 9.17) is 0 Å².